The van der Waals surface area contributed by atoms with E-state index in [-0.39, 0.29) is 23.9 Å². The Hall–Kier alpha value is -3.22. The van der Waals surface area contributed by atoms with Crippen LogP contribution in [0.4, 0.5) is 10.2 Å². The van der Waals surface area contributed by atoms with Gasteiger partial charge in [-0.2, -0.15) is 0 Å². The van der Waals surface area contributed by atoms with Gasteiger partial charge in [0.2, 0.25) is 0 Å². The Morgan fingerprint density at radius 3 is 2.61 bits per heavy atom. The van der Waals surface area contributed by atoms with E-state index < -0.39 is 5.91 Å². The zero-order chi connectivity index (χ0) is 16.2. The molecule has 0 saturated heterocycles. The molecule has 2 heterocycles. The molecule has 0 saturated carbocycles. The van der Waals surface area contributed by atoms with Crippen molar-refractivity contribution in [2.45, 2.75) is 6.54 Å². The summed E-state index contributed by atoms with van der Waals surface area (Å²) >= 11 is 0. The quantitative estimate of drug-likeness (QED) is 0.771. The number of carbonyl (C=O) groups is 1. The van der Waals surface area contributed by atoms with Gasteiger partial charge in [0.1, 0.15) is 17.3 Å². The standard InChI is InChI=1S/C16H13FN4O2/c17-11-3-1-10(2-4-11)13-6-5-12(23-13)9-21-16(22)14-15(18)20-8-7-19-14/h1-8H,9H2,(H2,18,20)(H,21,22). The van der Waals surface area contributed by atoms with Crippen LogP contribution in [-0.2, 0) is 6.54 Å². The second kappa shape index (κ2) is 6.27. The monoisotopic (exact) mass is 312 g/mol. The lowest BCUT2D eigenvalue weighted by molar-refractivity contribution is 0.0944. The first-order valence-electron chi connectivity index (χ1n) is 6.83. The molecule has 0 spiro atoms. The van der Waals surface area contributed by atoms with Crippen LogP contribution in [0.2, 0.25) is 0 Å². The first kappa shape index (κ1) is 14.7. The maximum atomic E-state index is 12.9. The van der Waals surface area contributed by atoms with Crippen LogP contribution in [0, 0.1) is 5.82 Å². The van der Waals surface area contributed by atoms with E-state index >= 15 is 0 Å². The molecule has 1 aromatic carbocycles. The summed E-state index contributed by atoms with van der Waals surface area (Å²) < 4.78 is 18.5. The third kappa shape index (κ3) is 3.34. The topological polar surface area (TPSA) is 94.0 Å². The number of rotatable bonds is 4. The molecule has 6 nitrogen and oxygen atoms in total. The number of carbonyl (C=O) groups excluding carboxylic acids is 1. The summed E-state index contributed by atoms with van der Waals surface area (Å²) in [5.74, 6) is 0.467. The van der Waals surface area contributed by atoms with Gasteiger partial charge >= 0.3 is 0 Å². The molecule has 0 bridgehead atoms. The number of hydrogen-bond acceptors (Lipinski definition) is 5. The van der Waals surface area contributed by atoms with Gasteiger partial charge in [-0.25, -0.2) is 14.4 Å². The van der Waals surface area contributed by atoms with E-state index in [9.17, 15) is 9.18 Å². The Balaban J connectivity index is 1.67. The fourth-order valence-electron chi connectivity index (χ4n) is 2.02. The lowest BCUT2D eigenvalue weighted by Gasteiger charge is -2.04. The highest BCUT2D eigenvalue weighted by Crippen LogP contribution is 2.22. The highest BCUT2D eigenvalue weighted by atomic mass is 19.1. The van der Waals surface area contributed by atoms with Crippen LogP contribution in [0.25, 0.3) is 11.3 Å². The van der Waals surface area contributed by atoms with Crippen molar-refractivity contribution in [3.05, 3.63) is 66.1 Å². The van der Waals surface area contributed by atoms with E-state index in [0.717, 1.165) is 5.56 Å². The van der Waals surface area contributed by atoms with Gasteiger partial charge in [-0.1, -0.05) is 0 Å². The van der Waals surface area contributed by atoms with Gasteiger partial charge in [0.15, 0.2) is 11.5 Å². The van der Waals surface area contributed by atoms with Crippen molar-refractivity contribution in [1.82, 2.24) is 15.3 Å². The predicted octanol–water partition coefficient (Wildman–Crippen LogP) is 2.39. The lowest BCUT2D eigenvalue weighted by atomic mass is 10.2. The molecule has 7 heteroatoms. The number of nitrogens with two attached hydrogens (primary N) is 1. The summed E-state index contributed by atoms with van der Waals surface area (Å²) in [6.45, 7) is 0.177. The molecule has 3 aromatic rings. The molecule has 23 heavy (non-hydrogen) atoms. The van der Waals surface area contributed by atoms with E-state index in [1.54, 1.807) is 24.3 Å². The maximum Gasteiger partial charge on any atom is 0.274 e. The number of anilines is 1. The minimum Gasteiger partial charge on any atom is -0.459 e. The van der Waals surface area contributed by atoms with Gasteiger partial charge in [-0.3, -0.25) is 4.79 Å². The SMILES string of the molecule is Nc1nccnc1C(=O)NCc1ccc(-c2ccc(F)cc2)o1. The van der Waals surface area contributed by atoms with Gasteiger partial charge in [-0.05, 0) is 36.4 Å². The second-order valence-corrected chi connectivity index (χ2v) is 4.75. The van der Waals surface area contributed by atoms with Gasteiger partial charge in [0.05, 0.1) is 6.54 Å². The summed E-state index contributed by atoms with van der Waals surface area (Å²) in [5, 5.41) is 2.65. The minimum absolute atomic E-state index is 0.0662. The largest absolute Gasteiger partial charge is 0.459 e. The molecule has 2 aromatic heterocycles. The first-order chi connectivity index (χ1) is 11.1. The van der Waals surface area contributed by atoms with Crippen molar-refractivity contribution in [2.75, 3.05) is 5.73 Å². The van der Waals surface area contributed by atoms with Gasteiger partial charge < -0.3 is 15.5 Å². The molecule has 0 unspecified atom stereocenters. The van der Waals surface area contributed by atoms with Crippen LogP contribution in [0.15, 0.2) is 53.2 Å². The molecule has 0 aliphatic rings. The van der Waals surface area contributed by atoms with Crippen LogP contribution in [0.5, 0.6) is 0 Å². The van der Waals surface area contributed by atoms with Crippen molar-refractivity contribution in [2.24, 2.45) is 0 Å². The number of nitrogens with zero attached hydrogens (tertiary/aromatic N) is 2. The minimum atomic E-state index is -0.435. The Kier molecular flexibility index (Phi) is 4.01. The third-order valence-corrected chi connectivity index (χ3v) is 3.16. The molecule has 1 amide bonds. The summed E-state index contributed by atoms with van der Waals surface area (Å²) in [7, 11) is 0. The number of aromatic nitrogens is 2. The van der Waals surface area contributed by atoms with E-state index in [0.29, 0.717) is 11.5 Å². The van der Waals surface area contributed by atoms with Crippen LogP contribution < -0.4 is 11.1 Å². The zero-order valence-electron chi connectivity index (χ0n) is 12.0. The van der Waals surface area contributed by atoms with Crippen molar-refractivity contribution in [3.8, 4) is 11.3 Å². The first-order valence-corrected chi connectivity index (χ1v) is 6.83. The fraction of sp³-hybridized carbons (Fsp3) is 0.0625. The number of halogens is 1. The fourth-order valence-corrected chi connectivity index (χ4v) is 2.02. The van der Waals surface area contributed by atoms with Crippen LogP contribution in [0.3, 0.4) is 0 Å². The summed E-state index contributed by atoms with van der Waals surface area (Å²) in [4.78, 5) is 19.7. The molecule has 0 aliphatic heterocycles. The van der Waals surface area contributed by atoms with Crippen LogP contribution in [0.1, 0.15) is 16.2 Å². The molecule has 0 aliphatic carbocycles. The Morgan fingerprint density at radius 1 is 1.13 bits per heavy atom. The van der Waals surface area contributed by atoms with Crippen LogP contribution >= 0.6 is 0 Å². The Morgan fingerprint density at radius 2 is 1.87 bits per heavy atom. The normalized spacial score (nSPS) is 10.5. The molecule has 0 atom stereocenters. The van der Waals surface area contributed by atoms with Gasteiger partial charge in [-0.15, -0.1) is 0 Å². The van der Waals surface area contributed by atoms with Gasteiger partial charge in [0.25, 0.3) is 5.91 Å². The van der Waals surface area contributed by atoms with E-state index in [1.165, 1.54) is 24.5 Å². The van der Waals surface area contributed by atoms with Crippen molar-refractivity contribution in [1.29, 1.82) is 0 Å². The zero-order valence-corrected chi connectivity index (χ0v) is 12.0. The number of benzene rings is 1. The average molecular weight is 312 g/mol. The average Bonchev–Trinajstić information content (AvgIpc) is 3.03. The predicted molar refractivity (Wildman–Crippen MR) is 81.7 cm³/mol. The summed E-state index contributed by atoms with van der Waals surface area (Å²) in [5.41, 5.74) is 6.41. The summed E-state index contributed by atoms with van der Waals surface area (Å²) in [6, 6.07) is 9.45. The molecule has 0 fully saturated rings. The number of furan rings is 1. The van der Waals surface area contributed by atoms with Crippen LogP contribution in [-0.4, -0.2) is 15.9 Å². The second-order valence-electron chi connectivity index (χ2n) is 4.75. The highest BCUT2D eigenvalue weighted by molar-refractivity contribution is 5.96. The molecular formula is C16H13FN4O2. The molecule has 3 N–H and O–H groups in total. The smallest absolute Gasteiger partial charge is 0.274 e. The number of nitrogens with one attached hydrogen (secondary N) is 1. The Bertz CT molecular complexity index is 830. The number of hydrogen-bond donors (Lipinski definition) is 2. The molecular weight excluding hydrogens is 299 g/mol. The Labute approximate surface area is 131 Å². The van der Waals surface area contributed by atoms with Crippen molar-refractivity contribution in [3.63, 3.8) is 0 Å². The maximum absolute atomic E-state index is 12.9. The van der Waals surface area contributed by atoms with Crippen molar-refractivity contribution < 1.29 is 13.6 Å². The summed E-state index contributed by atoms with van der Waals surface area (Å²) in [6.07, 6.45) is 2.80. The number of nitrogen functional groups attached to an aromatic ring is 1. The van der Waals surface area contributed by atoms with Crippen molar-refractivity contribution >= 4 is 11.7 Å². The highest BCUT2D eigenvalue weighted by Gasteiger charge is 2.12. The molecule has 0 radical (unpaired) electrons. The third-order valence-electron chi connectivity index (χ3n) is 3.16. The van der Waals surface area contributed by atoms with E-state index in [4.69, 9.17) is 10.2 Å². The van der Waals surface area contributed by atoms with E-state index in [2.05, 4.69) is 15.3 Å². The molecule has 116 valence electrons. The van der Waals surface area contributed by atoms with Gasteiger partial charge in [0, 0.05) is 18.0 Å². The molecule has 3 rings (SSSR count). The lowest BCUT2D eigenvalue weighted by Crippen LogP contribution is -2.25. The van der Waals surface area contributed by atoms with E-state index in [1.807, 2.05) is 0 Å². The number of amides is 1.